The zero-order valence-corrected chi connectivity index (χ0v) is 12.1. The number of aryl methyl sites for hydroxylation is 1. The molecular formula is C13H25N5. The highest BCUT2D eigenvalue weighted by atomic mass is 15.3. The van der Waals surface area contributed by atoms with E-state index in [1.807, 2.05) is 24.0 Å². The molecule has 0 atom stereocenters. The molecule has 0 aliphatic heterocycles. The summed E-state index contributed by atoms with van der Waals surface area (Å²) in [6.07, 6.45) is 3.89. The minimum absolute atomic E-state index is 0.0172. The average Bonchev–Trinajstić information content (AvgIpc) is 2.62. The van der Waals surface area contributed by atoms with Crippen LogP contribution in [-0.4, -0.2) is 34.4 Å². The molecule has 0 aliphatic carbocycles. The summed E-state index contributed by atoms with van der Waals surface area (Å²) in [6.45, 7) is 12.8. The molecule has 0 aliphatic rings. The second-order valence-electron chi connectivity index (χ2n) is 5.42. The van der Waals surface area contributed by atoms with Crippen LogP contribution in [0.5, 0.6) is 0 Å². The Hall–Kier alpha value is -1.52. The summed E-state index contributed by atoms with van der Waals surface area (Å²) in [5.41, 5.74) is 1.20. The Balaban J connectivity index is 2.49. The summed E-state index contributed by atoms with van der Waals surface area (Å²) >= 11 is 0. The van der Waals surface area contributed by atoms with E-state index in [2.05, 4.69) is 48.4 Å². The molecular weight excluding hydrogens is 226 g/mol. The zero-order valence-electron chi connectivity index (χ0n) is 12.1. The third-order valence-electron chi connectivity index (χ3n) is 2.20. The van der Waals surface area contributed by atoms with Crippen LogP contribution in [0.3, 0.4) is 0 Å². The molecule has 0 saturated heterocycles. The SMILES string of the molecule is CCNC(=NCCn1cc(C)cn1)NC(C)(C)C. The van der Waals surface area contributed by atoms with Crippen molar-refractivity contribution in [3.63, 3.8) is 0 Å². The summed E-state index contributed by atoms with van der Waals surface area (Å²) in [6, 6.07) is 0. The monoisotopic (exact) mass is 251 g/mol. The average molecular weight is 251 g/mol. The predicted molar refractivity (Wildman–Crippen MR) is 75.8 cm³/mol. The fourth-order valence-electron chi connectivity index (χ4n) is 1.52. The zero-order chi connectivity index (χ0) is 13.6. The van der Waals surface area contributed by atoms with Crippen LogP contribution in [0.2, 0.25) is 0 Å². The summed E-state index contributed by atoms with van der Waals surface area (Å²) in [5, 5.41) is 10.8. The van der Waals surface area contributed by atoms with Gasteiger partial charge in [0.05, 0.1) is 19.3 Å². The fourth-order valence-corrected chi connectivity index (χ4v) is 1.52. The number of aromatic nitrogens is 2. The molecule has 0 spiro atoms. The number of nitrogens with one attached hydrogen (secondary N) is 2. The Kier molecular flexibility index (Phi) is 5.19. The first-order valence-corrected chi connectivity index (χ1v) is 6.46. The maximum absolute atomic E-state index is 4.54. The van der Waals surface area contributed by atoms with E-state index in [-0.39, 0.29) is 5.54 Å². The van der Waals surface area contributed by atoms with Crippen LogP contribution in [0.15, 0.2) is 17.4 Å². The maximum Gasteiger partial charge on any atom is 0.191 e. The topological polar surface area (TPSA) is 54.2 Å². The number of nitrogens with zero attached hydrogens (tertiary/aromatic N) is 3. The van der Waals surface area contributed by atoms with Crippen molar-refractivity contribution in [2.24, 2.45) is 4.99 Å². The van der Waals surface area contributed by atoms with Crippen molar-refractivity contribution in [3.8, 4) is 0 Å². The molecule has 1 heterocycles. The molecule has 0 aromatic carbocycles. The van der Waals surface area contributed by atoms with Crippen molar-refractivity contribution in [1.29, 1.82) is 0 Å². The second-order valence-corrected chi connectivity index (χ2v) is 5.42. The molecule has 0 unspecified atom stereocenters. The number of hydrogen-bond acceptors (Lipinski definition) is 2. The first kappa shape index (κ1) is 14.5. The van der Waals surface area contributed by atoms with Crippen LogP contribution in [0.1, 0.15) is 33.3 Å². The van der Waals surface area contributed by atoms with E-state index in [0.717, 1.165) is 19.0 Å². The van der Waals surface area contributed by atoms with Gasteiger partial charge in [0.25, 0.3) is 0 Å². The van der Waals surface area contributed by atoms with Crippen molar-refractivity contribution in [3.05, 3.63) is 18.0 Å². The smallest absolute Gasteiger partial charge is 0.191 e. The highest BCUT2D eigenvalue weighted by Crippen LogP contribution is 1.98. The maximum atomic E-state index is 4.54. The second kappa shape index (κ2) is 6.42. The van der Waals surface area contributed by atoms with Gasteiger partial charge in [0.15, 0.2) is 5.96 Å². The lowest BCUT2D eigenvalue weighted by Crippen LogP contribution is -2.47. The highest BCUT2D eigenvalue weighted by Gasteiger charge is 2.11. The van der Waals surface area contributed by atoms with E-state index in [0.29, 0.717) is 6.54 Å². The summed E-state index contributed by atoms with van der Waals surface area (Å²) in [4.78, 5) is 4.54. The van der Waals surface area contributed by atoms with Gasteiger partial charge in [-0.05, 0) is 40.2 Å². The highest BCUT2D eigenvalue weighted by molar-refractivity contribution is 5.80. The quantitative estimate of drug-likeness (QED) is 0.630. The van der Waals surface area contributed by atoms with Crippen molar-refractivity contribution in [2.45, 2.75) is 46.7 Å². The van der Waals surface area contributed by atoms with Crippen LogP contribution >= 0.6 is 0 Å². The summed E-state index contributed by atoms with van der Waals surface area (Å²) in [7, 11) is 0. The van der Waals surface area contributed by atoms with Gasteiger partial charge in [-0.25, -0.2) is 0 Å². The Bertz CT molecular complexity index is 386. The normalized spacial score (nSPS) is 12.6. The van der Waals surface area contributed by atoms with E-state index in [9.17, 15) is 0 Å². The minimum Gasteiger partial charge on any atom is -0.357 e. The van der Waals surface area contributed by atoms with Crippen molar-refractivity contribution < 1.29 is 0 Å². The van der Waals surface area contributed by atoms with Crippen molar-refractivity contribution >= 4 is 5.96 Å². The largest absolute Gasteiger partial charge is 0.357 e. The number of aliphatic imine (C=N–C) groups is 1. The van der Waals surface area contributed by atoms with Crippen LogP contribution in [0.4, 0.5) is 0 Å². The van der Waals surface area contributed by atoms with E-state index in [1.165, 1.54) is 5.56 Å². The third-order valence-corrected chi connectivity index (χ3v) is 2.20. The molecule has 18 heavy (non-hydrogen) atoms. The number of guanidine groups is 1. The predicted octanol–water partition coefficient (Wildman–Crippen LogP) is 1.55. The molecule has 2 N–H and O–H groups in total. The van der Waals surface area contributed by atoms with Gasteiger partial charge in [-0.2, -0.15) is 5.10 Å². The van der Waals surface area contributed by atoms with Crippen LogP contribution in [0.25, 0.3) is 0 Å². The Morgan fingerprint density at radius 3 is 2.67 bits per heavy atom. The Labute approximate surface area is 110 Å². The first-order chi connectivity index (χ1) is 8.40. The van der Waals surface area contributed by atoms with Crippen LogP contribution in [-0.2, 0) is 6.54 Å². The molecule has 0 radical (unpaired) electrons. The lowest BCUT2D eigenvalue weighted by Gasteiger charge is -2.23. The first-order valence-electron chi connectivity index (χ1n) is 6.46. The molecule has 0 fully saturated rings. The Morgan fingerprint density at radius 1 is 1.44 bits per heavy atom. The van der Waals surface area contributed by atoms with Gasteiger partial charge in [0.2, 0.25) is 0 Å². The van der Waals surface area contributed by atoms with Crippen LogP contribution in [0, 0.1) is 6.92 Å². The fraction of sp³-hybridized carbons (Fsp3) is 0.692. The molecule has 1 rings (SSSR count). The molecule has 1 aromatic rings. The van der Waals surface area contributed by atoms with Crippen molar-refractivity contribution in [2.75, 3.05) is 13.1 Å². The van der Waals surface area contributed by atoms with E-state index >= 15 is 0 Å². The lowest BCUT2D eigenvalue weighted by atomic mass is 10.1. The van der Waals surface area contributed by atoms with Gasteiger partial charge < -0.3 is 10.6 Å². The Morgan fingerprint density at radius 2 is 2.17 bits per heavy atom. The number of rotatable bonds is 4. The lowest BCUT2D eigenvalue weighted by molar-refractivity contribution is 0.500. The van der Waals surface area contributed by atoms with Gasteiger partial charge in [-0.1, -0.05) is 0 Å². The minimum atomic E-state index is 0.0172. The molecule has 102 valence electrons. The molecule has 0 bridgehead atoms. The van der Waals surface area contributed by atoms with Gasteiger partial charge in [0.1, 0.15) is 0 Å². The van der Waals surface area contributed by atoms with Gasteiger partial charge in [-0.15, -0.1) is 0 Å². The third kappa shape index (κ3) is 5.70. The summed E-state index contributed by atoms with van der Waals surface area (Å²) < 4.78 is 1.92. The van der Waals surface area contributed by atoms with Gasteiger partial charge >= 0.3 is 0 Å². The molecule has 1 aromatic heterocycles. The van der Waals surface area contributed by atoms with E-state index in [4.69, 9.17) is 0 Å². The molecule has 0 saturated carbocycles. The van der Waals surface area contributed by atoms with E-state index in [1.54, 1.807) is 0 Å². The molecule has 0 amide bonds. The standard InChI is InChI=1S/C13H25N5/c1-6-14-12(17-13(3,4)5)15-7-8-18-10-11(2)9-16-18/h9-10H,6-8H2,1-5H3,(H2,14,15,17). The molecule has 5 heteroatoms. The summed E-state index contributed by atoms with van der Waals surface area (Å²) in [5.74, 6) is 0.855. The van der Waals surface area contributed by atoms with Gasteiger partial charge in [-0.3, -0.25) is 9.67 Å². The van der Waals surface area contributed by atoms with Crippen molar-refractivity contribution in [1.82, 2.24) is 20.4 Å². The van der Waals surface area contributed by atoms with Gasteiger partial charge in [0, 0.05) is 18.3 Å². The number of hydrogen-bond donors (Lipinski definition) is 2. The van der Waals surface area contributed by atoms with E-state index < -0.39 is 0 Å². The van der Waals surface area contributed by atoms with Crippen LogP contribution < -0.4 is 10.6 Å². The molecule has 5 nitrogen and oxygen atoms in total.